The number of nitrogens with zero attached hydrogens (tertiary/aromatic N) is 2. The molecule has 4 nitrogen and oxygen atoms in total. The van der Waals surface area contributed by atoms with Crippen LogP contribution in [0.15, 0.2) is 42.0 Å². The maximum atomic E-state index is 12.8. The number of rotatable bonds is 7. The number of benzene rings is 1. The number of halogens is 4. The standard InChI is InChI=1S/C16H13F4N3OS/c17-15(18)16(19,20)24-11-3-1-10(2-4-11)5-7-21-14-13-12(6-8-25-13)22-9-23-14/h1-4,6,8-9,15H,5,7H2,(H,21,22,23). The van der Waals surface area contributed by atoms with E-state index in [0.29, 0.717) is 13.0 Å². The minimum Gasteiger partial charge on any atom is -0.428 e. The van der Waals surface area contributed by atoms with Crippen molar-refractivity contribution in [3.05, 3.63) is 47.6 Å². The molecule has 3 rings (SSSR count). The highest BCUT2D eigenvalue weighted by Crippen LogP contribution is 2.28. The molecule has 0 atom stereocenters. The minimum absolute atomic E-state index is 0.307. The number of thiophene rings is 1. The largest absolute Gasteiger partial charge is 0.461 e. The first kappa shape index (κ1) is 17.4. The van der Waals surface area contributed by atoms with Gasteiger partial charge in [0.15, 0.2) is 0 Å². The molecule has 0 saturated carbocycles. The van der Waals surface area contributed by atoms with Gasteiger partial charge in [0.1, 0.15) is 17.9 Å². The van der Waals surface area contributed by atoms with Crippen LogP contribution in [-0.4, -0.2) is 29.0 Å². The van der Waals surface area contributed by atoms with Gasteiger partial charge in [0.2, 0.25) is 0 Å². The molecule has 0 aliphatic heterocycles. The first-order valence-electron chi connectivity index (χ1n) is 7.32. The van der Waals surface area contributed by atoms with E-state index in [9.17, 15) is 17.6 Å². The van der Waals surface area contributed by atoms with Crippen LogP contribution in [0.3, 0.4) is 0 Å². The van der Waals surface area contributed by atoms with Crippen LogP contribution in [0.4, 0.5) is 23.4 Å². The molecule has 0 unspecified atom stereocenters. The second kappa shape index (κ2) is 7.22. The summed E-state index contributed by atoms with van der Waals surface area (Å²) in [5, 5.41) is 5.13. The topological polar surface area (TPSA) is 47.0 Å². The van der Waals surface area contributed by atoms with Gasteiger partial charge in [-0.2, -0.15) is 17.6 Å². The number of nitrogens with one attached hydrogen (secondary N) is 1. The maximum Gasteiger partial charge on any atom is 0.461 e. The second-order valence-corrected chi connectivity index (χ2v) is 6.06. The average molecular weight is 371 g/mol. The Hall–Kier alpha value is -2.42. The molecule has 132 valence electrons. The van der Waals surface area contributed by atoms with Crippen molar-refractivity contribution in [3.63, 3.8) is 0 Å². The van der Waals surface area contributed by atoms with Crippen molar-refractivity contribution in [2.24, 2.45) is 0 Å². The van der Waals surface area contributed by atoms with Gasteiger partial charge in [0.25, 0.3) is 0 Å². The third kappa shape index (κ3) is 4.16. The Morgan fingerprint density at radius 1 is 1.12 bits per heavy atom. The lowest BCUT2D eigenvalue weighted by Crippen LogP contribution is -2.33. The molecule has 9 heteroatoms. The van der Waals surface area contributed by atoms with Gasteiger partial charge in [-0.25, -0.2) is 9.97 Å². The van der Waals surface area contributed by atoms with E-state index in [1.54, 1.807) is 12.1 Å². The molecule has 1 N–H and O–H groups in total. The van der Waals surface area contributed by atoms with E-state index >= 15 is 0 Å². The number of ether oxygens (including phenoxy) is 1. The van der Waals surface area contributed by atoms with E-state index in [1.807, 2.05) is 11.4 Å². The van der Waals surface area contributed by atoms with Crippen molar-refractivity contribution < 1.29 is 22.3 Å². The lowest BCUT2D eigenvalue weighted by Gasteiger charge is -2.16. The predicted molar refractivity (Wildman–Crippen MR) is 87.6 cm³/mol. The van der Waals surface area contributed by atoms with E-state index in [4.69, 9.17) is 0 Å². The number of hydrogen-bond donors (Lipinski definition) is 1. The summed E-state index contributed by atoms with van der Waals surface area (Å²) in [7, 11) is 0. The summed E-state index contributed by atoms with van der Waals surface area (Å²) in [6, 6.07) is 7.50. The summed E-state index contributed by atoms with van der Waals surface area (Å²) in [6.07, 6.45) is -6.30. The van der Waals surface area contributed by atoms with E-state index in [1.165, 1.54) is 29.8 Å². The quantitative estimate of drug-likeness (QED) is 0.618. The van der Waals surface area contributed by atoms with Gasteiger partial charge in [0, 0.05) is 6.54 Å². The van der Waals surface area contributed by atoms with Gasteiger partial charge in [-0.1, -0.05) is 12.1 Å². The minimum atomic E-state index is -4.50. The number of aromatic nitrogens is 2. The summed E-state index contributed by atoms with van der Waals surface area (Å²) in [4.78, 5) is 8.35. The van der Waals surface area contributed by atoms with E-state index in [0.717, 1.165) is 21.6 Å². The van der Waals surface area contributed by atoms with Gasteiger partial charge in [-0.05, 0) is 35.6 Å². The van der Waals surface area contributed by atoms with E-state index in [2.05, 4.69) is 20.0 Å². The summed E-state index contributed by atoms with van der Waals surface area (Å²) >= 11 is 1.53. The predicted octanol–water partition coefficient (Wildman–Crippen LogP) is 4.58. The Kier molecular flexibility index (Phi) is 5.03. The summed E-state index contributed by atoms with van der Waals surface area (Å²) in [5.74, 6) is 0.426. The molecule has 3 aromatic rings. The molecule has 0 radical (unpaired) electrons. The van der Waals surface area contributed by atoms with Crippen LogP contribution in [0.25, 0.3) is 10.2 Å². The fraction of sp³-hybridized carbons (Fsp3) is 0.250. The van der Waals surface area contributed by atoms with Crippen molar-refractivity contribution >= 4 is 27.4 Å². The highest BCUT2D eigenvalue weighted by atomic mass is 32.1. The monoisotopic (exact) mass is 371 g/mol. The molecule has 2 aromatic heterocycles. The zero-order valence-electron chi connectivity index (χ0n) is 12.8. The zero-order chi connectivity index (χ0) is 17.9. The van der Waals surface area contributed by atoms with Gasteiger partial charge in [0.05, 0.1) is 10.2 Å². The van der Waals surface area contributed by atoms with Crippen LogP contribution in [0, 0.1) is 0 Å². The molecule has 0 amide bonds. The van der Waals surface area contributed by atoms with Crippen molar-refractivity contribution in [2.75, 3.05) is 11.9 Å². The van der Waals surface area contributed by atoms with Gasteiger partial charge >= 0.3 is 12.5 Å². The number of fused-ring (bicyclic) bond motifs is 1. The van der Waals surface area contributed by atoms with Gasteiger partial charge in [-0.15, -0.1) is 11.3 Å². The SMILES string of the molecule is FC(F)C(F)(F)Oc1ccc(CCNc2ncnc3ccsc23)cc1. The Labute approximate surface area is 144 Å². The van der Waals surface area contributed by atoms with Crippen LogP contribution >= 0.6 is 11.3 Å². The van der Waals surface area contributed by atoms with Gasteiger partial charge < -0.3 is 10.1 Å². The molecule has 0 spiro atoms. The van der Waals surface area contributed by atoms with Crippen LogP contribution in [0.2, 0.25) is 0 Å². The maximum absolute atomic E-state index is 12.8. The van der Waals surface area contributed by atoms with Gasteiger partial charge in [-0.3, -0.25) is 0 Å². The van der Waals surface area contributed by atoms with E-state index < -0.39 is 12.5 Å². The number of anilines is 1. The van der Waals surface area contributed by atoms with Crippen molar-refractivity contribution in [2.45, 2.75) is 19.0 Å². The third-order valence-corrected chi connectivity index (χ3v) is 4.29. The van der Waals surface area contributed by atoms with Crippen LogP contribution in [-0.2, 0) is 6.42 Å². The molecule has 2 heterocycles. The van der Waals surface area contributed by atoms with Crippen molar-refractivity contribution in [1.82, 2.24) is 9.97 Å². The Morgan fingerprint density at radius 3 is 2.60 bits per heavy atom. The summed E-state index contributed by atoms with van der Waals surface area (Å²) in [5.41, 5.74) is 1.71. The summed E-state index contributed by atoms with van der Waals surface area (Å²) < 4.78 is 54.8. The van der Waals surface area contributed by atoms with Crippen molar-refractivity contribution in [3.8, 4) is 5.75 Å². The lowest BCUT2D eigenvalue weighted by atomic mass is 10.1. The van der Waals surface area contributed by atoms with Crippen molar-refractivity contribution in [1.29, 1.82) is 0 Å². The third-order valence-electron chi connectivity index (χ3n) is 3.38. The Morgan fingerprint density at radius 2 is 1.88 bits per heavy atom. The fourth-order valence-corrected chi connectivity index (χ4v) is 2.98. The molecule has 1 aromatic carbocycles. The Balaban J connectivity index is 1.56. The average Bonchev–Trinajstić information content (AvgIpc) is 3.05. The lowest BCUT2D eigenvalue weighted by molar-refractivity contribution is -0.253. The highest BCUT2D eigenvalue weighted by molar-refractivity contribution is 7.17. The molecule has 0 aliphatic carbocycles. The first-order valence-corrected chi connectivity index (χ1v) is 8.19. The molecule has 25 heavy (non-hydrogen) atoms. The van der Waals surface area contributed by atoms with Crippen LogP contribution < -0.4 is 10.1 Å². The second-order valence-electron chi connectivity index (χ2n) is 5.14. The normalized spacial score (nSPS) is 11.9. The smallest absolute Gasteiger partial charge is 0.428 e. The molecular weight excluding hydrogens is 358 g/mol. The number of hydrogen-bond acceptors (Lipinski definition) is 5. The molecule has 0 aliphatic rings. The summed E-state index contributed by atoms with van der Waals surface area (Å²) in [6.45, 7) is 0.567. The first-order chi connectivity index (χ1) is 12.0. The number of alkyl halides is 4. The van der Waals surface area contributed by atoms with Crippen LogP contribution in [0.5, 0.6) is 5.75 Å². The highest BCUT2D eigenvalue weighted by Gasteiger charge is 2.43. The molecule has 0 bridgehead atoms. The fourth-order valence-electron chi connectivity index (χ4n) is 2.17. The van der Waals surface area contributed by atoms with Crippen LogP contribution in [0.1, 0.15) is 5.56 Å². The molecule has 0 saturated heterocycles. The molecule has 0 fully saturated rings. The van der Waals surface area contributed by atoms with E-state index in [-0.39, 0.29) is 5.75 Å². The Bertz CT molecular complexity index is 839. The molecular formula is C16H13F4N3OS. The zero-order valence-corrected chi connectivity index (χ0v) is 13.6.